The van der Waals surface area contributed by atoms with E-state index in [-0.39, 0.29) is 35.4 Å². The maximum atomic E-state index is 12.7. The highest BCUT2D eigenvalue weighted by Gasteiger charge is 2.60. The second kappa shape index (κ2) is 8.26. The molecule has 0 spiro atoms. The minimum atomic E-state index is -2.92. The zero-order valence-corrected chi connectivity index (χ0v) is 19.1. The first kappa shape index (κ1) is 18.2. The van der Waals surface area contributed by atoms with Gasteiger partial charge in [0.05, 0.1) is 7.45 Å². The first-order valence-corrected chi connectivity index (χ1v) is 12.1. The molecule has 12 atom stereocenters. The van der Waals surface area contributed by atoms with Gasteiger partial charge in [-0.05, 0) is 80.4 Å². The molecule has 8 heteroatoms. The molecule has 0 unspecified atom stereocenters. The van der Waals surface area contributed by atoms with Crippen LogP contribution < -0.4 is 0 Å². The molecule has 5 rings (SSSR count). The van der Waals surface area contributed by atoms with Gasteiger partial charge in [-0.1, -0.05) is 13.8 Å². The van der Waals surface area contributed by atoms with E-state index in [9.17, 15) is 30.0 Å². The second-order valence-electron chi connectivity index (χ2n) is 11.1. The molecule has 4 N–H and O–H groups in total. The summed E-state index contributed by atoms with van der Waals surface area (Å²) in [5.41, 5.74) is -1.22. The normalized spacial score (nSPS) is 61.8. The van der Waals surface area contributed by atoms with Crippen LogP contribution in [-0.4, -0.2) is 69.0 Å². The Bertz CT molecular complexity index is 1010. The molecule has 33 heavy (non-hydrogen) atoms. The van der Waals surface area contributed by atoms with Crippen LogP contribution in [0, 0.1) is 34.5 Å². The minimum absolute atomic E-state index is 0.0372. The summed E-state index contributed by atoms with van der Waals surface area (Å²) in [6.45, 7) is 3.92. The lowest BCUT2D eigenvalue weighted by molar-refractivity contribution is -0.309. The van der Waals surface area contributed by atoms with Crippen molar-refractivity contribution in [2.45, 2.75) is 108 Å². The summed E-state index contributed by atoms with van der Waals surface area (Å²) < 4.78 is 55.8. The molecule has 0 amide bonds. The highest BCUT2D eigenvalue weighted by Crippen LogP contribution is 2.65. The molecule has 186 valence electrons. The molecule has 8 nitrogen and oxygen atoms in total. The molecule has 5 aliphatic rings. The summed E-state index contributed by atoms with van der Waals surface area (Å²) in [5, 5.41) is 40.0. The van der Waals surface area contributed by atoms with Crippen molar-refractivity contribution < 1.29 is 46.3 Å². The number of hydrogen-bond acceptors (Lipinski definition) is 7. The fourth-order valence-electron chi connectivity index (χ4n) is 7.54. The maximum Gasteiger partial charge on any atom is 0.335 e. The van der Waals surface area contributed by atoms with Gasteiger partial charge < -0.3 is 29.9 Å². The van der Waals surface area contributed by atoms with E-state index in [4.69, 9.17) is 16.3 Å². The Labute approximate surface area is 201 Å². The number of Topliss-reactive ketones (excluding diaryl/α,β-unsaturated/α-hetero) is 1. The Kier molecular flexibility index (Phi) is 4.57. The van der Waals surface area contributed by atoms with E-state index in [1.54, 1.807) is 0 Å². The van der Waals surface area contributed by atoms with Crippen molar-refractivity contribution in [3.8, 4) is 0 Å². The zero-order chi connectivity index (χ0) is 28.2. The number of carboxylic acids is 1. The predicted molar refractivity (Wildman–Crippen MR) is 116 cm³/mol. The molecule has 0 aromatic rings. The molecular weight excluding hydrogens is 428 g/mol. The molecule has 0 radical (unpaired) electrons. The molecule has 0 aromatic heterocycles. The van der Waals surface area contributed by atoms with Crippen molar-refractivity contribution >= 4 is 11.8 Å². The summed E-state index contributed by atoms with van der Waals surface area (Å²) in [6, 6.07) is 0. The number of carbonyl (C=O) groups is 2. The lowest BCUT2D eigenvalue weighted by Crippen LogP contribution is -2.61. The van der Waals surface area contributed by atoms with E-state index >= 15 is 0 Å². The van der Waals surface area contributed by atoms with Crippen LogP contribution in [0.1, 0.15) is 78.4 Å². The molecule has 4 aliphatic carbocycles. The van der Waals surface area contributed by atoms with Gasteiger partial charge in [-0.3, -0.25) is 4.79 Å². The lowest BCUT2D eigenvalue weighted by atomic mass is 9.45. The molecule has 0 bridgehead atoms. The smallest absolute Gasteiger partial charge is 0.335 e. The molecule has 1 heterocycles. The Morgan fingerprint density at radius 2 is 1.85 bits per heavy atom. The number of ketones is 1. The molecule has 1 saturated heterocycles. The molecule has 4 saturated carbocycles. The van der Waals surface area contributed by atoms with Gasteiger partial charge in [0.2, 0.25) is 0 Å². The van der Waals surface area contributed by atoms with Gasteiger partial charge in [0.1, 0.15) is 24.1 Å². The molecule has 5 fully saturated rings. The van der Waals surface area contributed by atoms with Gasteiger partial charge in [0.15, 0.2) is 12.4 Å². The van der Waals surface area contributed by atoms with E-state index in [2.05, 4.69) is 0 Å². The maximum absolute atomic E-state index is 12.7. The second-order valence-corrected chi connectivity index (χ2v) is 11.1. The zero-order valence-electron chi connectivity index (χ0n) is 24.1. The van der Waals surface area contributed by atoms with Crippen molar-refractivity contribution in [3.63, 3.8) is 0 Å². The van der Waals surface area contributed by atoms with Gasteiger partial charge in [-0.2, -0.15) is 0 Å². The topological polar surface area (TPSA) is 134 Å². The third kappa shape index (κ3) is 3.59. The molecule has 0 aromatic carbocycles. The van der Waals surface area contributed by atoms with Gasteiger partial charge in [-0.25, -0.2) is 4.79 Å². The van der Waals surface area contributed by atoms with Gasteiger partial charge >= 0.3 is 5.97 Å². The number of fused-ring (bicyclic) bond motifs is 5. The van der Waals surface area contributed by atoms with Crippen molar-refractivity contribution in [1.82, 2.24) is 0 Å². The monoisotopic (exact) mass is 471 g/mol. The standard InChI is InChI=1S/C25H38O8/c1-24-9-7-13(32-23-20(29)18(27)19(28)21(33-23)22(30)31)11-12(24)3-4-14-15-5-6-17(26)25(15,2)10-8-16(14)24/h12-16,18-21,23,27-29H,3-11H2,1-2H3,(H,30,31)/t12-,13-,14-,15-,16-,18-,19-,20+,21-,23+,24-,25-/m0/s1/i7D2,11D2,13D. The summed E-state index contributed by atoms with van der Waals surface area (Å²) in [5.74, 6) is -1.88. The van der Waals surface area contributed by atoms with Crippen molar-refractivity contribution in [1.29, 1.82) is 0 Å². The van der Waals surface area contributed by atoms with E-state index < -0.39 is 66.8 Å². The summed E-state index contributed by atoms with van der Waals surface area (Å²) in [4.78, 5) is 24.2. The van der Waals surface area contributed by atoms with Crippen molar-refractivity contribution in [3.05, 3.63) is 0 Å². The minimum Gasteiger partial charge on any atom is -0.479 e. The number of carboxylic acid groups (broad SMARTS) is 1. The van der Waals surface area contributed by atoms with Crippen LogP contribution in [-0.2, 0) is 19.1 Å². The third-order valence-corrected chi connectivity index (χ3v) is 9.56. The van der Waals surface area contributed by atoms with Crippen LogP contribution in [0.3, 0.4) is 0 Å². The number of rotatable bonds is 3. The fourth-order valence-corrected chi connectivity index (χ4v) is 7.54. The predicted octanol–water partition coefficient (Wildman–Crippen LogP) is 1.88. The van der Waals surface area contributed by atoms with Crippen LogP contribution in [0.5, 0.6) is 0 Å². The average molecular weight is 472 g/mol. The number of hydrogen-bond donors (Lipinski definition) is 4. The third-order valence-electron chi connectivity index (χ3n) is 9.56. The van der Waals surface area contributed by atoms with Gasteiger partial charge in [0, 0.05) is 17.3 Å². The molecular formula is C25H38O8. The first-order valence-electron chi connectivity index (χ1n) is 14.6. The number of ether oxygens (including phenoxy) is 2. The lowest BCUT2D eigenvalue weighted by Gasteiger charge is -2.60. The van der Waals surface area contributed by atoms with Crippen molar-refractivity contribution in [2.75, 3.05) is 0 Å². The largest absolute Gasteiger partial charge is 0.479 e. The average Bonchev–Trinajstić information content (AvgIpc) is 3.12. The summed E-state index contributed by atoms with van der Waals surface area (Å²) >= 11 is 0. The van der Waals surface area contributed by atoms with Gasteiger partial charge in [-0.15, -0.1) is 0 Å². The Hall–Kier alpha value is -1.06. The Balaban J connectivity index is 1.47. The Morgan fingerprint density at radius 3 is 2.58 bits per heavy atom. The van der Waals surface area contributed by atoms with Crippen LogP contribution in [0.25, 0.3) is 0 Å². The summed E-state index contributed by atoms with van der Waals surface area (Å²) in [6.07, 6.45) is -14.8. The number of aliphatic carboxylic acids is 1. The van der Waals surface area contributed by atoms with E-state index in [1.165, 1.54) is 0 Å². The van der Waals surface area contributed by atoms with E-state index in [0.29, 0.717) is 32.1 Å². The van der Waals surface area contributed by atoms with Crippen LogP contribution in [0.15, 0.2) is 0 Å². The quantitative estimate of drug-likeness (QED) is 0.459. The highest BCUT2D eigenvalue weighted by atomic mass is 16.7. The SMILES string of the molecule is [2H]C1([2H])C[C@]2(C)[C@H]3CC[C@]4(C)C(=O)CC[C@H]4[C@@H]3CC[C@H]2C([2H])([2H])[C@@]1([2H])O[C@@H]1O[C@H](C(=O)O)[C@@H](O)[C@H](O)[C@H]1O. The highest BCUT2D eigenvalue weighted by molar-refractivity contribution is 5.87. The Morgan fingerprint density at radius 1 is 1.09 bits per heavy atom. The van der Waals surface area contributed by atoms with Crippen LogP contribution >= 0.6 is 0 Å². The van der Waals surface area contributed by atoms with E-state index in [1.807, 2.05) is 13.8 Å². The summed E-state index contributed by atoms with van der Waals surface area (Å²) in [7, 11) is 0. The first-order chi connectivity index (χ1) is 17.4. The number of aliphatic hydroxyl groups is 3. The van der Waals surface area contributed by atoms with Crippen molar-refractivity contribution in [2.24, 2.45) is 34.5 Å². The van der Waals surface area contributed by atoms with Crippen LogP contribution in [0.2, 0.25) is 0 Å². The number of carbonyl (C=O) groups excluding carboxylic acids is 1. The fraction of sp³-hybridized carbons (Fsp3) is 0.920. The van der Waals surface area contributed by atoms with Gasteiger partial charge in [0.25, 0.3) is 0 Å². The molecule has 1 aliphatic heterocycles. The van der Waals surface area contributed by atoms with Crippen LogP contribution in [0.4, 0.5) is 0 Å². The van der Waals surface area contributed by atoms with E-state index in [0.717, 1.165) is 6.42 Å². The number of aliphatic hydroxyl groups excluding tert-OH is 3.